The summed E-state index contributed by atoms with van der Waals surface area (Å²) in [5, 5.41) is 7.67. The average Bonchev–Trinajstić information content (AvgIpc) is 2.72. The third kappa shape index (κ3) is 5.25. The summed E-state index contributed by atoms with van der Waals surface area (Å²) in [6.07, 6.45) is 3.91. The molecule has 3 amide bonds. The minimum Gasteiger partial charge on any atom is -0.366 e. The number of likely N-dealkylation sites (tertiary alicyclic amines) is 1. The summed E-state index contributed by atoms with van der Waals surface area (Å²) >= 11 is 0. The number of amides is 3. The van der Waals surface area contributed by atoms with Crippen LogP contribution in [0.25, 0.3) is 0 Å². The Bertz CT molecular complexity index is 1130. The maximum atomic E-state index is 13.0. The molecule has 5 N–H and O–H groups in total. The monoisotopic (exact) mass is 445 g/mol. The van der Waals surface area contributed by atoms with Gasteiger partial charge in [-0.3, -0.25) is 19.4 Å². The van der Waals surface area contributed by atoms with Crippen molar-refractivity contribution >= 4 is 33.4 Å². The highest BCUT2D eigenvalue weighted by Gasteiger charge is 2.34. The summed E-state index contributed by atoms with van der Waals surface area (Å²) in [6, 6.07) is 6.90. The van der Waals surface area contributed by atoms with Gasteiger partial charge in [-0.05, 0) is 42.5 Å². The zero-order chi connectivity index (χ0) is 22.8. The molecule has 1 aliphatic rings. The molecule has 1 aromatic heterocycles. The highest BCUT2D eigenvalue weighted by atomic mass is 32.2. The first kappa shape index (κ1) is 22.4. The Morgan fingerprint density at radius 3 is 2.58 bits per heavy atom. The van der Waals surface area contributed by atoms with E-state index in [1.165, 1.54) is 35.5 Å². The number of carbonyl (C=O) groups excluding carboxylic acids is 3. The maximum Gasteiger partial charge on any atom is 0.313 e. The fourth-order valence-electron chi connectivity index (χ4n) is 3.58. The second-order valence-electron chi connectivity index (χ2n) is 7.55. The Hall–Kier alpha value is -3.31. The zero-order valence-corrected chi connectivity index (χ0v) is 17.6. The minimum atomic E-state index is -3.91. The quantitative estimate of drug-likeness (QED) is 0.588. The summed E-state index contributed by atoms with van der Waals surface area (Å²) in [7, 11) is -3.91. The van der Waals surface area contributed by atoms with Crippen LogP contribution in [0, 0.1) is 5.92 Å². The van der Waals surface area contributed by atoms with Crippen molar-refractivity contribution < 1.29 is 22.8 Å². The third-order valence-electron chi connectivity index (χ3n) is 5.12. The number of benzene rings is 1. The van der Waals surface area contributed by atoms with E-state index < -0.39 is 33.8 Å². The number of primary sulfonamides is 1. The Balaban J connectivity index is 1.85. The van der Waals surface area contributed by atoms with Crippen LogP contribution in [0.15, 0.2) is 47.6 Å². The van der Waals surface area contributed by atoms with E-state index in [0.29, 0.717) is 18.5 Å². The van der Waals surface area contributed by atoms with Gasteiger partial charge in [0.05, 0.1) is 28.4 Å². The molecule has 2 aromatic rings. The fourth-order valence-corrected chi connectivity index (χ4v) is 4.15. The van der Waals surface area contributed by atoms with Crippen LogP contribution >= 0.6 is 0 Å². The third-order valence-corrected chi connectivity index (χ3v) is 6.04. The zero-order valence-electron chi connectivity index (χ0n) is 16.8. The van der Waals surface area contributed by atoms with Crippen LogP contribution in [0.1, 0.15) is 41.7 Å². The fraction of sp³-hybridized carbons (Fsp3) is 0.300. The van der Waals surface area contributed by atoms with Gasteiger partial charge < -0.3 is 16.0 Å². The molecule has 1 aromatic carbocycles. The lowest BCUT2D eigenvalue weighted by molar-refractivity contribution is -0.146. The molecule has 1 saturated heterocycles. The molecule has 0 bridgehead atoms. The number of primary amides is 1. The number of rotatable bonds is 4. The van der Waals surface area contributed by atoms with E-state index >= 15 is 0 Å². The molecule has 31 heavy (non-hydrogen) atoms. The van der Waals surface area contributed by atoms with E-state index in [1.807, 2.05) is 6.92 Å². The first-order valence-electron chi connectivity index (χ1n) is 9.56. The lowest BCUT2D eigenvalue weighted by atomic mass is 9.90. The molecule has 164 valence electrons. The molecule has 0 saturated carbocycles. The number of hydrogen-bond donors (Lipinski definition) is 3. The summed E-state index contributed by atoms with van der Waals surface area (Å²) in [5.41, 5.74) is 6.04. The number of hydrogen-bond acceptors (Lipinski definition) is 6. The molecule has 2 heterocycles. The number of piperidine rings is 1. The number of aromatic nitrogens is 1. The molecule has 3 rings (SSSR count). The second kappa shape index (κ2) is 8.82. The van der Waals surface area contributed by atoms with Crippen molar-refractivity contribution in [1.29, 1.82) is 0 Å². The molecule has 10 nitrogen and oxygen atoms in total. The van der Waals surface area contributed by atoms with Crippen LogP contribution in [0.5, 0.6) is 0 Å². The lowest BCUT2D eigenvalue weighted by Crippen LogP contribution is -2.46. The van der Waals surface area contributed by atoms with Crippen LogP contribution in [-0.4, -0.2) is 42.6 Å². The van der Waals surface area contributed by atoms with Gasteiger partial charge in [-0.2, -0.15) is 0 Å². The first-order chi connectivity index (χ1) is 14.6. The standard InChI is InChI=1S/C20H23N5O5S/c1-12-5-6-17(13-3-2-4-16(8-13)31(22,29)30)25(11-12)20(28)19(27)24-15-7-14(18(21)26)9-23-10-15/h2-4,7-10,12,17H,5-6,11H2,1H3,(H2,21,26)(H,24,27)(H2,22,29,30)/t12-,17+/m1/s1. The Morgan fingerprint density at radius 1 is 1.16 bits per heavy atom. The van der Waals surface area contributed by atoms with Crippen molar-refractivity contribution in [3.8, 4) is 0 Å². The highest BCUT2D eigenvalue weighted by Crippen LogP contribution is 2.34. The minimum absolute atomic E-state index is 0.0604. The van der Waals surface area contributed by atoms with Crippen molar-refractivity contribution in [1.82, 2.24) is 9.88 Å². The van der Waals surface area contributed by atoms with Gasteiger partial charge in [0.25, 0.3) is 0 Å². The Morgan fingerprint density at radius 2 is 1.90 bits per heavy atom. The van der Waals surface area contributed by atoms with Crippen LogP contribution in [-0.2, 0) is 19.6 Å². The van der Waals surface area contributed by atoms with Gasteiger partial charge in [0.2, 0.25) is 15.9 Å². The SMILES string of the molecule is C[C@@H]1CC[C@@H](c2cccc(S(N)(=O)=O)c2)N(C(=O)C(=O)Nc2cncc(C(N)=O)c2)C1. The summed E-state index contributed by atoms with van der Waals surface area (Å²) in [6.45, 7) is 2.30. The Labute approximate surface area is 179 Å². The predicted octanol–water partition coefficient (Wildman–Crippen LogP) is 0.766. The molecule has 0 aliphatic carbocycles. The number of sulfonamides is 1. The molecular weight excluding hydrogens is 422 g/mol. The van der Waals surface area contributed by atoms with E-state index in [4.69, 9.17) is 10.9 Å². The van der Waals surface area contributed by atoms with Gasteiger partial charge in [0.15, 0.2) is 0 Å². The van der Waals surface area contributed by atoms with Gasteiger partial charge in [0.1, 0.15) is 0 Å². The summed E-state index contributed by atoms with van der Waals surface area (Å²) in [4.78, 5) is 42.1. The maximum absolute atomic E-state index is 13.0. The van der Waals surface area contributed by atoms with E-state index in [9.17, 15) is 22.8 Å². The number of nitrogens with one attached hydrogen (secondary N) is 1. The van der Waals surface area contributed by atoms with E-state index in [0.717, 1.165) is 6.42 Å². The molecular formula is C20H23N5O5S. The van der Waals surface area contributed by atoms with Gasteiger partial charge in [-0.15, -0.1) is 0 Å². The number of nitrogens with zero attached hydrogens (tertiary/aromatic N) is 2. The topological polar surface area (TPSA) is 166 Å². The van der Waals surface area contributed by atoms with Crippen LogP contribution in [0.2, 0.25) is 0 Å². The van der Waals surface area contributed by atoms with Crippen LogP contribution in [0.3, 0.4) is 0 Å². The predicted molar refractivity (Wildman–Crippen MR) is 112 cm³/mol. The molecule has 1 fully saturated rings. The van der Waals surface area contributed by atoms with E-state index in [2.05, 4.69) is 10.3 Å². The second-order valence-corrected chi connectivity index (χ2v) is 9.12. The normalized spacial score (nSPS) is 19.0. The van der Waals surface area contributed by atoms with Crippen molar-refractivity contribution in [2.24, 2.45) is 16.8 Å². The van der Waals surface area contributed by atoms with Crippen LogP contribution < -0.4 is 16.2 Å². The largest absolute Gasteiger partial charge is 0.366 e. The van der Waals surface area contributed by atoms with Crippen molar-refractivity contribution in [3.05, 3.63) is 53.9 Å². The average molecular weight is 446 g/mol. The molecule has 2 atom stereocenters. The van der Waals surface area contributed by atoms with Gasteiger partial charge in [0, 0.05) is 12.7 Å². The number of carbonyl (C=O) groups is 3. The smallest absolute Gasteiger partial charge is 0.313 e. The van der Waals surface area contributed by atoms with Crippen molar-refractivity contribution in [3.63, 3.8) is 0 Å². The Kier molecular flexibility index (Phi) is 6.37. The molecule has 11 heteroatoms. The van der Waals surface area contributed by atoms with Gasteiger partial charge >= 0.3 is 11.8 Å². The summed E-state index contributed by atoms with van der Waals surface area (Å²) < 4.78 is 23.4. The number of pyridine rings is 1. The number of anilines is 1. The lowest BCUT2D eigenvalue weighted by Gasteiger charge is -2.38. The van der Waals surface area contributed by atoms with Crippen LogP contribution in [0.4, 0.5) is 5.69 Å². The number of nitrogens with two attached hydrogens (primary N) is 2. The molecule has 0 spiro atoms. The van der Waals surface area contributed by atoms with Gasteiger partial charge in [-0.25, -0.2) is 13.6 Å². The van der Waals surface area contributed by atoms with E-state index in [1.54, 1.807) is 12.1 Å². The highest BCUT2D eigenvalue weighted by molar-refractivity contribution is 7.89. The molecule has 1 aliphatic heterocycles. The first-order valence-corrected chi connectivity index (χ1v) is 11.1. The van der Waals surface area contributed by atoms with Crippen molar-refractivity contribution in [2.45, 2.75) is 30.7 Å². The van der Waals surface area contributed by atoms with E-state index in [-0.39, 0.29) is 22.1 Å². The molecule has 0 radical (unpaired) electrons. The summed E-state index contributed by atoms with van der Waals surface area (Å²) in [5.74, 6) is -2.23. The van der Waals surface area contributed by atoms with Gasteiger partial charge in [-0.1, -0.05) is 19.1 Å². The molecule has 0 unspecified atom stereocenters. The van der Waals surface area contributed by atoms with Crippen molar-refractivity contribution in [2.75, 3.05) is 11.9 Å².